The summed E-state index contributed by atoms with van der Waals surface area (Å²) in [6.07, 6.45) is 3.66. The van der Waals surface area contributed by atoms with E-state index < -0.39 is 10.0 Å². The molecule has 0 saturated heterocycles. The van der Waals surface area contributed by atoms with E-state index in [-0.39, 0.29) is 5.75 Å². The topological polar surface area (TPSA) is 85.1 Å². The summed E-state index contributed by atoms with van der Waals surface area (Å²) in [5.74, 6) is -0.0387. The number of hydrogen-bond acceptors (Lipinski definition) is 4. The Kier molecular flexibility index (Phi) is 4.46. The Morgan fingerprint density at radius 3 is 2.60 bits per heavy atom. The van der Waals surface area contributed by atoms with E-state index in [2.05, 4.69) is 9.71 Å². The summed E-state index contributed by atoms with van der Waals surface area (Å²) in [6.45, 7) is 0. The van der Waals surface area contributed by atoms with Crippen LogP contribution < -0.4 is 10.5 Å². The lowest BCUT2D eigenvalue weighted by atomic mass is 10.2. The third kappa shape index (κ3) is 4.11. The fraction of sp³-hybridized carbons (Fsp3) is 0.154. The van der Waals surface area contributed by atoms with E-state index >= 15 is 0 Å². The van der Waals surface area contributed by atoms with Crippen LogP contribution in [0.3, 0.4) is 0 Å². The maximum atomic E-state index is 12.0. The van der Waals surface area contributed by atoms with Gasteiger partial charge in [-0.3, -0.25) is 9.71 Å². The third-order valence-corrected chi connectivity index (χ3v) is 4.20. The van der Waals surface area contributed by atoms with Crippen molar-refractivity contribution in [2.45, 2.75) is 6.42 Å². The molecule has 0 radical (unpaired) electrons. The van der Waals surface area contributed by atoms with Crippen LogP contribution >= 0.6 is 11.6 Å². The molecule has 0 unspecified atom stereocenters. The molecule has 3 N–H and O–H groups in total. The Balaban J connectivity index is 2.06. The monoisotopic (exact) mass is 311 g/mol. The van der Waals surface area contributed by atoms with E-state index in [9.17, 15) is 8.42 Å². The summed E-state index contributed by atoms with van der Waals surface area (Å²) >= 11 is 5.82. The summed E-state index contributed by atoms with van der Waals surface area (Å²) < 4.78 is 26.5. The quantitative estimate of drug-likeness (QED) is 0.830. The average Bonchev–Trinajstić information content (AvgIpc) is 2.42. The van der Waals surface area contributed by atoms with Crippen molar-refractivity contribution < 1.29 is 8.42 Å². The van der Waals surface area contributed by atoms with Crippen LogP contribution in [0.1, 0.15) is 5.56 Å². The highest BCUT2D eigenvalue weighted by Crippen LogP contribution is 2.24. The lowest BCUT2D eigenvalue weighted by Gasteiger charge is -2.10. The highest BCUT2D eigenvalue weighted by atomic mass is 35.5. The van der Waals surface area contributed by atoms with Gasteiger partial charge in [0.15, 0.2) is 0 Å². The average molecular weight is 312 g/mol. The molecule has 1 heterocycles. The Hall–Kier alpha value is -1.79. The Morgan fingerprint density at radius 1 is 1.20 bits per heavy atom. The number of anilines is 2. The van der Waals surface area contributed by atoms with E-state index in [4.69, 9.17) is 17.3 Å². The van der Waals surface area contributed by atoms with Crippen molar-refractivity contribution in [2.24, 2.45) is 0 Å². The van der Waals surface area contributed by atoms with E-state index in [1.165, 1.54) is 6.07 Å². The largest absolute Gasteiger partial charge is 0.397 e. The first-order chi connectivity index (χ1) is 9.46. The van der Waals surface area contributed by atoms with Crippen LogP contribution in [0.15, 0.2) is 42.7 Å². The van der Waals surface area contributed by atoms with Gasteiger partial charge in [0.25, 0.3) is 0 Å². The number of rotatable bonds is 5. The molecule has 0 aliphatic heterocycles. The first-order valence-electron chi connectivity index (χ1n) is 5.91. The van der Waals surface area contributed by atoms with Gasteiger partial charge in [0.1, 0.15) is 0 Å². The zero-order valence-electron chi connectivity index (χ0n) is 10.6. The molecule has 0 aliphatic rings. The standard InChI is InChI=1S/C13H14ClN3O2S/c14-11-1-2-12(15)13(9-11)17-20(18,19)8-5-10-3-6-16-7-4-10/h1-4,6-7,9,17H,5,8,15H2. The van der Waals surface area contributed by atoms with Crippen LogP contribution in [0.5, 0.6) is 0 Å². The van der Waals surface area contributed by atoms with Crippen molar-refractivity contribution >= 4 is 33.0 Å². The molecule has 106 valence electrons. The van der Waals surface area contributed by atoms with Gasteiger partial charge in [-0.05, 0) is 42.3 Å². The molecule has 5 nitrogen and oxygen atoms in total. The van der Waals surface area contributed by atoms with Crippen LogP contribution in [0.25, 0.3) is 0 Å². The number of sulfonamides is 1. The number of halogens is 1. The van der Waals surface area contributed by atoms with Gasteiger partial charge < -0.3 is 5.73 Å². The summed E-state index contributed by atoms with van der Waals surface area (Å²) in [7, 11) is -3.48. The minimum atomic E-state index is -3.48. The Morgan fingerprint density at radius 2 is 1.90 bits per heavy atom. The molecule has 0 saturated carbocycles. The summed E-state index contributed by atoms with van der Waals surface area (Å²) in [6, 6.07) is 8.21. The lowest BCUT2D eigenvalue weighted by Crippen LogP contribution is -2.19. The van der Waals surface area contributed by atoms with Crippen LogP contribution in [0, 0.1) is 0 Å². The predicted molar refractivity (Wildman–Crippen MR) is 81.2 cm³/mol. The number of hydrogen-bond donors (Lipinski definition) is 2. The van der Waals surface area contributed by atoms with Crippen molar-refractivity contribution in [3.63, 3.8) is 0 Å². The van der Waals surface area contributed by atoms with Crippen LogP contribution in [-0.4, -0.2) is 19.2 Å². The summed E-state index contributed by atoms with van der Waals surface area (Å²) in [5.41, 5.74) is 7.25. The van der Waals surface area contributed by atoms with E-state index in [0.717, 1.165) is 5.56 Å². The number of nitrogens with zero attached hydrogens (tertiary/aromatic N) is 1. The smallest absolute Gasteiger partial charge is 0.233 e. The van der Waals surface area contributed by atoms with Gasteiger partial charge in [0.05, 0.1) is 17.1 Å². The lowest BCUT2D eigenvalue weighted by molar-refractivity contribution is 0.600. The molecule has 2 rings (SSSR count). The second-order valence-electron chi connectivity index (χ2n) is 4.26. The molecule has 0 fully saturated rings. The van der Waals surface area contributed by atoms with Crippen LogP contribution in [-0.2, 0) is 16.4 Å². The summed E-state index contributed by atoms with van der Waals surface area (Å²) in [4.78, 5) is 3.88. The molecule has 0 atom stereocenters. The normalized spacial score (nSPS) is 11.2. The molecule has 1 aromatic carbocycles. The fourth-order valence-electron chi connectivity index (χ4n) is 1.64. The van der Waals surface area contributed by atoms with Crippen LogP contribution in [0.2, 0.25) is 5.02 Å². The van der Waals surface area contributed by atoms with Gasteiger partial charge in [-0.1, -0.05) is 11.6 Å². The first-order valence-corrected chi connectivity index (χ1v) is 7.94. The molecule has 0 bridgehead atoms. The zero-order chi connectivity index (χ0) is 14.6. The molecule has 20 heavy (non-hydrogen) atoms. The number of aryl methyl sites for hydroxylation is 1. The molecular weight excluding hydrogens is 298 g/mol. The van der Waals surface area contributed by atoms with Crippen LogP contribution in [0.4, 0.5) is 11.4 Å². The molecule has 0 spiro atoms. The summed E-state index contributed by atoms with van der Waals surface area (Å²) in [5, 5.41) is 0.422. The van der Waals surface area contributed by atoms with Crippen molar-refractivity contribution in [3.8, 4) is 0 Å². The maximum absolute atomic E-state index is 12.0. The number of nitrogens with two attached hydrogens (primary N) is 1. The van der Waals surface area contributed by atoms with Crippen molar-refractivity contribution in [1.82, 2.24) is 4.98 Å². The number of pyridine rings is 1. The highest BCUT2D eigenvalue weighted by molar-refractivity contribution is 7.92. The van der Waals surface area contributed by atoms with Gasteiger partial charge in [-0.25, -0.2) is 8.42 Å². The van der Waals surface area contributed by atoms with Gasteiger partial charge in [-0.15, -0.1) is 0 Å². The number of nitrogen functional groups attached to an aromatic ring is 1. The van der Waals surface area contributed by atoms with Crippen molar-refractivity contribution in [1.29, 1.82) is 0 Å². The van der Waals surface area contributed by atoms with Gasteiger partial charge in [0, 0.05) is 17.4 Å². The minimum Gasteiger partial charge on any atom is -0.397 e. The van der Waals surface area contributed by atoms with E-state index in [1.807, 2.05) is 0 Å². The van der Waals surface area contributed by atoms with Crippen molar-refractivity contribution in [3.05, 3.63) is 53.3 Å². The Labute approximate surface area is 122 Å². The van der Waals surface area contributed by atoms with Gasteiger partial charge in [0.2, 0.25) is 10.0 Å². The highest BCUT2D eigenvalue weighted by Gasteiger charge is 2.12. The number of nitrogens with one attached hydrogen (secondary N) is 1. The van der Waals surface area contributed by atoms with Gasteiger partial charge >= 0.3 is 0 Å². The molecule has 7 heteroatoms. The SMILES string of the molecule is Nc1ccc(Cl)cc1NS(=O)(=O)CCc1ccncc1. The molecule has 1 aromatic heterocycles. The number of aromatic nitrogens is 1. The molecule has 2 aromatic rings. The first kappa shape index (κ1) is 14.6. The van der Waals surface area contributed by atoms with Crippen molar-refractivity contribution in [2.75, 3.05) is 16.2 Å². The molecular formula is C13H14ClN3O2S. The maximum Gasteiger partial charge on any atom is 0.233 e. The fourth-order valence-corrected chi connectivity index (χ4v) is 2.93. The Bertz CT molecular complexity index is 690. The third-order valence-electron chi connectivity index (χ3n) is 2.69. The van der Waals surface area contributed by atoms with E-state index in [0.29, 0.717) is 22.8 Å². The second-order valence-corrected chi connectivity index (χ2v) is 6.54. The second kappa shape index (κ2) is 6.11. The molecule has 0 amide bonds. The van der Waals surface area contributed by atoms with Gasteiger partial charge in [-0.2, -0.15) is 0 Å². The minimum absolute atomic E-state index is 0.0387. The number of benzene rings is 1. The predicted octanol–water partition coefficient (Wildman–Crippen LogP) is 2.30. The van der Waals surface area contributed by atoms with E-state index in [1.54, 1.807) is 36.7 Å². The zero-order valence-corrected chi connectivity index (χ0v) is 12.2. The molecule has 0 aliphatic carbocycles.